The highest BCUT2D eigenvalue weighted by Gasteiger charge is 2.25. The molecule has 18 nitrogen and oxygen atoms in total. The van der Waals surface area contributed by atoms with E-state index in [4.69, 9.17) is 4.98 Å². The standard InChI is InChI=1S/C42H32N6O12S4/c49-61(50,51)31-14-6-26(7-15-31)43-35-22-39-41(24-37(35)45-28-10-18-33(19-11-28)63(55,56)57)48(30-4-2-1-3-5-30)42-25-38(46-29-12-20-34(21-13-29)64(58,59)60)36(23-40(42)47-39)44-27-8-16-32(17-9-27)62(52,53)54/h1-25H,(H7,43,44,45,46,47,49,50,51,52,53,54,55,56,57,58,59,60)/p+1. The zero-order valence-corrected chi connectivity index (χ0v) is 35.8. The van der Waals surface area contributed by atoms with Gasteiger partial charge < -0.3 is 21.3 Å². The summed E-state index contributed by atoms with van der Waals surface area (Å²) in [6, 6.07) is 37.6. The van der Waals surface area contributed by atoms with Crippen LogP contribution in [0.4, 0.5) is 45.5 Å². The molecule has 0 aliphatic rings. The van der Waals surface area contributed by atoms with Gasteiger partial charge in [0, 0.05) is 47.0 Å². The number of benzene rings is 7. The Labute approximate surface area is 365 Å². The highest BCUT2D eigenvalue weighted by atomic mass is 32.2. The normalized spacial score (nSPS) is 12.2. The minimum atomic E-state index is -4.49. The molecule has 7 aromatic carbocycles. The summed E-state index contributed by atoms with van der Waals surface area (Å²) in [5, 5.41) is 13.1. The van der Waals surface area contributed by atoms with Crippen molar-refractivity contribution in [3.05, 3.63) is 152 Å². The molecule has 8 aromatic rings. The molecular formula is C42H33N6O12S4+. The Morgan fingerprint density at radius 2 is 0.625 bits per heavy atom. The molecule has 0 radical (unpaired) electrons. The molecule has 0 aliphatic carbocycles. The number of para-hydroxylation sites is 1. The molecule has 326 valence electrons. The van der Waals surface area contributed by atoms with Gasteiger partial charge >= 0.3 is 0 Å². The van der Waals surface area contributed by atoms with Gasteiger partial charge in [-0.05, 0) is 109 Å². The van der Waals surface area contributed by atoms with E-state index >= 15 is 0 Å². The fraction of sp³-hybridized carbons (Fsp3) is 0. The molecule has 8 rings (SSSR count). The van der Waals surface area contributed by atoms with Gasteiger partial charge in [-0.3, -0.25) is 18.2 Å². The maximum absolute atomic E-state index is 11.8. The summed E-state index contributed by atoms with van der Waals surface area (Å²) in [5.41, 5.74) is 6.03. The van der Waals surface area contributed by atoms with E-state index in [2.05, 4.69) is 21.3 Å². The van der Waals surface area contributed by atoms with Crippen LogP contribution in [0.1, 0.15) is 0 Å². The number of anilines is 8. The number of hydrogen-bond donors (Lipinski definition) is 8. The molecule has 0 spiro atoms. The zero-order chi connectivity index (χ0) is 45.6. The fourth-order valence-corrected chi connectivity index (χ4v) is 8.60. The average molecular weight is 942 g/mol. The van der Waals surface area contributed by atoms with Crippen molar-refractivity contribution < 1.29 is 56.4 Å². The third kappa shape index (κ3) is 9.63. The quantitative estimate of drug-likeness (QED) is 0.0313. The van der Waals surface area contributed by atoms with Crippen LogP contribution in [-0.2, 0) is 40.5 Å². The van der Waals surface area contributed by atoms with Crippen molar-refractivity contribution in [3.63, 3.8) is 0 Å². The molecule has 0 aliphatic heterocycles. The van der Waals surface area contributed by atoms with E-state index in [0.717, 1.165) is 0 Å². The monoisotopic (exact) mass is 941 g/mol. The third-order valence-electron chi connectivity index (χ3n) is 9.69. The number of fused-ring (bicyclic) bond motifs is 2. The van der Waals surface area contributed by atoms with Crippen LogP contribution in [0.25, 0.3) is 27.8 Å². The maximum Gasteiger partial charge on any atom is 0.294 e. The van der Waals surface area contributed by atoms with Crippen LogP contribution in [0.3, 0.4) is 0 Å². The van der Waals surface area contributed by atoms with Gasteiger partial charge in [0.1, 0.15) is 11.0 Å². The predicted molar refractivity (Wildman–Crippen MR) is 239 cm³/mol. The minimum absolute atomic E-state index is 0.325. The van der Waals surface area contributed by atoms with E-state index in [1.165, 1.54) is 97.1 Å². The second-order valence-corrected chi connectivity index (χ2v) is 19.7. The number of nitrogens with zero attached hydrogens (tertiary/aromatic N) is 2. The lowest BCUT2D eigenvalue weighted by molar-refractivity contribution is -0.538. The molecule has 0 unspecified atom stereocenters. The highest BCUT2D eigenvalue weighted by molar-refractivity contribution is 7.86. The van der Waals surface area contributed by atoms with Gasteiger partial charge in [-0.1, -0.05) is 18.2 Å². The first-order chi connectivity index (χ1) is 30.2. The molecule has 64 heavy (non-hydrogen) atoms. The molecule has 0 fully saturated rings. The molecule has 0 bridgehead atoms. The van der Waals surface area contributed by atoms with Gasteiger partial charge in [-0.15, -0.1) is 4.57 Å². The van der Waals surface area contributed by atoms with Crippen LogP contribution in [0.2, 0.25) is 0 Å². The highest BCUT2D eigenvalue weighted by Crippen LogP contribution is 2.37. The lowest BCUT2D eigenvalue weighted by Crippen LogP contribution is -2.33. The summed E-state index contributed by atoms with van der Waals surface area (Å²) in [5.74, 6) is 0. The van der Waals surface area contributed by atoms with E-state index < -0.39 is 40.5 Å². The Bertz CT molecular complexity index is 3350. The smallest absolute Gasteiger partial charge is 0.294 e. The van der Waals surface area contributed by atoms with E-state index in [-0.39, 0.29) is 19.6 Å². The van der Waals surface area contributed by atoms with Crippen LogP contribution in [0.15, 0.2) is 171 Å². The van der Waals surface area contributed by atoms with Crippen LogP contribution in [0, 0.1) is 0 Å². The van der Waals surface area contributed by atoms with Gasteiger partial charge in [-0.2, -0.15) is 33.7 Å². The van der Waals surface area contributed by atoms with E-state index in [0.29, 0.717) is 73.3 Å². The van der Waals surface area contributed by atoms with Crippen molar-refractivity contribution in [1.82, 2.24) is 4.98 Å². The maximum atomic E-state index is 11.8. The van der Waals surface area contributed by atoms with Crippen molar-refractivity contribution in [3.8, 4) is 5.69 Å². The minimum Gasteiger partial charge on any atom is -0.354 e. The molecular weight excluding hydrogens is 909 g/mol. The molecule has 0 saturated heterocycles. The number of nitrogens with one attached hydrogen (secondary N) is 4. The van der Waals surface area contributed by atoms with Gasteiger partial charge in [0.15, 0.2) is 0 Å². The van der Waals surface area contributed by atoms with Crippen molar-refractivity contribution in [2.45, 2.75) is 19.6 Å². The van der Waals surface area contributed by atoms with Gasteiger partial charge in [0.25, 0.3) is 40.5 Å². The van der Waals surface area contributed by atoms with Gasteiger partial charge in [0.2, 0.25) is 16.7 Å². The lowest BCUT2D eigenvalue weighted by atomic mass is 10.1. The topological polar surface area (TPSA) is 282 Å². The van der Waals surface area contributed by atoms with Crippen molar-refractivity contribution >= 4 is 108 Å². The van der Waals surface area contributed by atoms with E-state index in [1.807, 2.05) is 34.9 Å². The summed E-state index contributed by atoms with van der Waals surface area (Å²) in [6.07, 6.45) is 0. The van der Waals surface area contributed by atoms with Crippen molar-refractivity contribution in [1.29, 1.82) is 0 Å². The Balaban J connectivity index is 1.35. The summed E-state index contributed by atoms with van der Waals surface area (Å²) in [4.78, 5) is 3.76. The van der Waals surface area contributed by atoms with Crippen LogP contribution >= 0.6 is 0 Å². The Morgan fingerprint density at radius 1 is 0.359 bits per heavy atom. The molecule has 0 saturated carbocycles. The second-order valence-electron chi connectivity index (χ2n) is 14.1. The lowest BCUT2D eigenvalue weighted by Gasteiger charge is -2.17. The van der Waals surface area contributed by atoms with Gasteiger partial charge in [0.05, 0.1) is 42.3 Å². The predicted octanol–water partition coefficient (Wildman–Crippen LogP) is 7.63. The summed E-state index contributed by atoms with van der Waals surface area (Å²) in [6.45, 7) is 0. The van der Waals surface area contributed by atoms with Crippen LogP contribution in [0.5, 0.6) is 0 Å². The first kappa shape index (κ1) is 43.6. The first-order valence-electron chi connectivity index (χ1n) is 18.5. The molecule has 0 amide bonds. The van der Waals surface area contributed by atoms with Crippen molar-refractivity contribution in [2.24, 2.45) is 0 Å². The van der Waals surface area contributed by atoms with E-state index in [1.54, 1.807) is 24.3 Å². The second kappa shape index (κ2) is 16.6. The molecule has 8 N–H and O–H groups in total. The largest absolute Gasteiger partial charge is 0.354 e. The molecule has 0 atom stereocenters. The summed E-state index contributed by atoms with van der Waals surface area (Å²) >= 11 is 0. The third-order valence-corrected chi connectivity index (χ3v) is 13.2. The number of hydrogen-bond acceptors (Lipinski definition) is 13. The Morgan fingerprint density at radius 3 is 0.891 bits per heavy atom. The fourth-order valence-electron chi connectivity index (χ4n) is 6.68. The summed E-state index contributed by atoms with van der Waals surface area (Å²) in [7, 11) is -17.9. The number of rotatable bonds is 13. The Hall–Kier alpha value is -7.02. The first-order valence-corrected chi connectivity index (χ1v) is 24.3. The van der Waals surface area contributed by atoms with E-state index in [9.17, 15) is 51.9 Å². The summed E-state index contributed by atoms with van der Waals surface area (Å²) < 4.78 is 134. The average Bonchev–Trinajstić information content (AvgIpc) is 3.23. The SMILES string of the molecule is O=S(=O)(O)c1ccc(Nc2cc3nc4cc(Nc5ccc(S(=O)(=O)O)cc5)c(Nc5ccc(S(=O)(=O)O)cc5)cc4[n+](-c4ccccc4)c3cc2Nc2ccc(S(=O)(=O)O)cc2)cc1. The molecule has 1 aromatic heterocycles. The zero-order valence-electron chi connectivity index (χ0n) is 32.5. The molecule has 1 heterocycles. The Kier molecular flexibility index (Phi) is 11.3. The van der Waals surface area contributed by atoms with Gasteiger partial charge in [-0.25, -0.2) is 4.98 Å². The van der Waals surface area contributed by atoms with Crippen molar-refractivity contribution in [2.75, 3.05) is 21.3 Å². The molecule has 22 heteroatoms. The number of aromatic nitrogens is 2. The van der Waals surface area contributed by atoms with Crippen LogP contribution < -0.4 is 25.8 Å². The van der Waals surface area contributed by atoms with Crippen LogP contribution in [-0.4, -0.2) is 56.9 Å².